The van der Waals surface area contributed by atoms with Gasteiger partial charge in [-0.25, -0.2) is 0 Å². The van der Waals surface area contributed by atoms with Crippen LogP contribution in [0.5, 0.6) is 0 Å². The van der Waals surface area contributed by atoms with Crippen LogP contribution in [-0.2, 0) is 4.79 Å². The Morgan fingerprint density at radius 2 is 2.04 bits per heavy atom. The number of nitriles is 1. The van der Waals surface area contributed by atoms with Gasteiger partial charge in [-0.3, -0.25) is 14.5 Å². The fourth-order valence-corrected chi connectivity index (χ4v) is 2.96. The van der Waals surface area contributed by atoms with Crippen LogP contribution in [0.4, 0.5) is 5.69 Å². The predicted octanol–water partition coefficient (Wildman–Crippen LogP) is 2.16. The van der Waals surface area contributed by atoms with Crippen LogP contribution in [0.1, 0.15) is 49.0 Å². The van der Waals surface area contributed by atoms with Gasteiger partial charge in [-0.2, -0.15) is 5.26 Å². The van der Waals surface area contributed by atoms with E-state index in [2.05, 4.69) is 21.6 Å². The number of benzene rings is 1. The van der Waals surface area contributed by atoms with Gasteiger partial charge in [-0.15, -0.1) is 0 Å². The van der Waals surface area contributed by atoms with Gasteiger partial charge >= 0.3 is 0 Å². The summed E-state index contributed by atoms with van der Waals surface area (Å²) in [5.41, 5.74) is 1.87. The fraction of sp³-hybridized carbons (Fsp3) is 0.526. The zero-order valence-electron chi connectivity index (χ0n) is 15.0. The zero-order valence-corrected chi connectivity index (χ0v) is 15.0. The van der Waals surface area contributed by atoms with Crippen molar-refractivity contribution >= 4 is 17.4 Å². The first-order valence-corrected chi connectivity index (χ1v) is 8.84. The minimum atomic E-state index is -0.0135. The highest BCUT2D eigenvalue weighted by Gasteiger charge is 2.21. The van der Waals surface area contributed by atoms with Crippen molar-refractivity contribution in [2.45, 2.75) is 39.2 Å². The van der Waals surface area contributed by atoms with Crippen molar-refractivity contribution in [3.63, 3.8) is 0 Å². The molecule has 1 heterocycles. The van der Waals surface area contributed by atoms with Gasteiger partial charge in [0.15, 0.2) is 5.78 Å². The Hall–Kier alpha value is -2.39. The molecule has 0 radical (unpaired) electrons. The monoisotopic (exact) mass is 342 g/mol. The molecule has 0 unspecified atom stereocenters. The van der Waals surface area contributed by atoms with E-state index in [9.17, 15) is 14.9 Å². The highest BCUT2D eigenvalue weighted by atomic mass is 16.2. The number of hydrogen-bond acceptors (Lipinski definition) is 5. The second-order valence-corrected chi connectivity index (χ2v) is 6.47. The van der Waals surface area contributed by atoms with E-state index in [0.29, 0.717) is 23.4 Å². The van der Waals surface area contributed by atoms with Gasteiger partial charge < -0.3 is 10.6 Å². The van der Waals surface area contributed by atoms with Crippen molar-refractivity contribution in [1.29, 1.82) is 5.26 Å². The van der Waals surface area contributed by atoms with Crippen molar-refractivity contribution in [2.24, 2.45) is 0 Å². The van der Waals surface area contributed by atoms with E-state index in [1.165, 1.54) is 6.92 Å². The van der Waals surface area contributed by atoms with E-state index in [4.69, 9.17) is 0 Å². The van der Waals surface area contributed by atoms with Crippen molar-refractivity contribution < 1.29 is 9.59 Å². The summed E-state index contributed by atoms with van der Waals surface area (Å²) in [6.45, 7) is 6.40. The summed E-state index contributed by atoms with van der Waals surface area (Å²) in [7, 11) is 0. The predicted molar refractivity (Wildman–Crippen MR) is 97.5 cm³/mol. The van der Waals surface area contributed by atoms with E-state index in [-0.39, 0.29) is 17.7 Å². The number of likely N-dealkylation sites (tertiary alicyclic amines) is 1. The lowest BCUT2D eigenvalue weighted by molar-refractivity contribution is -0.122. The maximum Gasteiger partial charge on any atom is 0.234 e. The second-order valence-electron chi connectivity index (χ2n) is 6.47. The van der Waals surface area contributed by atoms with Gasteiger partial charge in [-0.05, 0) is 44.4 Å². The van der Waals surface area contributed by atoms with Gasteiger partial charge in [0.1, 0.15) is 6.07 Å². The van der Waals surface area contributed by atoms with E-state index in [1.807, 2.05) is 6.92 Å². The first-order chi connectivity index (χ1) is 12.0. The number of ketones is 1. The fourth-order valence-electron chi connectivity index (χ4n) is 2.96. The molecule has 1 aliphatic rings. The van der Waals surface area contributed by atoms with Crippen LogP contribution >= 0.6 is 0 Å². The Labute approximate surface area is 149 Å². The number of carbonyl (C=O) groups excluding carboxylic acids is 2. The Morgan fingerprint density at radius 1 is 1.32 bits per heavy atom. The number of nitrogens with one attached hydrogen (secondary N) is 2. The van der Waals surface area contributed by atoms with Crippen molar-refractivity contribution in [2.75, 3.05) is 31.5 Å². The van der Waals surface area contributed by atoms with Crippen molar-refractivity contribution in [3.05, 3.63) is 29.3 Å². The molecule has 0 atom stereocenters. The van der Waals surface area contributed by atoms with Crippen LogP contribution in [-0.4, -0.2) is 48.8 Å². The second kappa shape index (κ2) is 9.19. The first kappa shape index (κ1) is 18.9. The molecule has 1 aromatic rings. The number of piperidine rings is 1. The number of amides is 1. The van der Waals surface area contributed by atoms with Gasteiger partial charge in [0, 0.05) is 31.2 Å². The number of carbonyl (C=O) groups is 2. The third-order valence-electron chi connectivity index (χ3n) is 4.43. The number of rotatable bonds is 7. The Kier molecular flexibility index (Phi) is 6.96. The number of Topliss-reactive ketones (excluding diaryl/α,β-unsaturated/α-hetero) is 1. The molecule has 0 bridgehead atoms. The average Bonchev–Trinajstić information content (AvgIpc) is 2.61. The molecule has 0 aliphatic carbocycles. The third-order valence-corrected chi connectivity index (χ3v) is 4.43. The summed E-state index contributed by atoms with van der Waals surface area (Å²) >= 11 is 0. The highest BCUT2D eigenvalue weighted by Crippen LogP contribution is 2.22. The summed E-state index contributed by atoms with van der Waals surface area (Å²) in [5.74, 6) is 0.0645. The van der Waals surface area contributed by atoms with Crippen molar-refractivity contribution in [1.82, 2.24) is 10.2 Å². The molecule has 0 aromatic heterocycles. The van der Waals surface area contributed by atoms with Gasteiger partial charge in [0.2, 0.25) is 5.91 Å². The molecule has 134 valence electrons. The quantitative estimate of drug-likeness (QED) is 0.742. The molecule has 1 aliphatic heterocycles. The van der Waals surface area contributed by atoms with Gasteiger partial charge in [-0.1, -0.05) is 6.92 Å². The maximum absolute atomic E-state index is 11.8. The van der Waals surface area contributed by atoms with Crippen LogP contribution in [0.3, 0.4) is 0 Å². The normalized spacial score (nSPS) is 15.4. The molecule has 25 heavy (non-hydrogen) atoms. The average molecular weight is 342 g/mol. The Bertz CT molecular complexity index is 658. The molecule has 1 saturated heterocycles. The molecule has 1 amide bonds. The molecule has 1 aromatic carbocycles. The summed E-state index contributed by atoms with van der Waals surface area (Å²) < 4.78 is 0. The molecular formula is C19H26N4O2. The summed E-state index contributed by atoms with van der Waals surface area (Å²) in [6.07, 6.45) is 2.74. The van der Waals surface area contributed by atoms with Crippen LogP contribution in [0.15, 0.2) is 18.2 Å². The van der Waals surface area contributed by atoms with E-state index in [1.54, 1.807) is 18.2 Å². The molecule has 0 spiro atoms. The van der Waals surface area contributed by atoms with Crippen molar-refractivity contribution in [3.8, 4) is 6.07 Å². The summed E-state index contributed by atoms with van der Waals surface area (Å²) in [6, 6.07) is 7.53. The first-order valence-electron chi connectivity index (χ1n) is 8.84. The van der Waals surface area contributed by atoms with Crippen LogP contribution in [0.2, 0.25) is 0 Å². The number of anilines is 1. The molecule has 1 fully saturated rings. The number of hydrogen-bond donors (Lipinski definition) is 2. The van der Waals surface area contributed by atoms with Crippen LogP contribution in [0, 0.1) is 11.3 Å². The van der Waals surface area contributed by atoms with E-state index < -0.39 is 0 Å². The van der Waals surface area contributed by atoms with Gasteiger partial charge in [0.25, 0.3) is 0 Å². The summed E-state index contributed by atoms with van der Waals surface area (Å²) in [5, 5.41) is 15.6. The van der Waals surface area contributed by atoms with Crippen LogP contribution < -0.4 is 10.6 Å². The summed E-state index contributed by atoms with van der Waals surface area (Å²) in [4.78, 5) is 25.5. The zero-order chi connectivity index (χ0) is 18.2. The minimum Gasteiger partial charge on any atom is -0.381 e. The molecule has 6 nitrogen and oxygen atoms in total. The lowest BCUT2D eigenvalue weighted by atomic mass is 10.0. The maximum atomic E-state index is 11.8. The molecule has 2 N–H and O–H groups in total. The standard InChI is InChI=1S/C19H26N4O2/c1-3-8-21-19(25)13-23-9-6-17(7-10-23)22-18-11-15(14(2)24)4-5-16(18)12-20/h4-5,11,17,22H,3,6-10,13H2,1-2H3,(H,21,25). The van der Waals surface area contributed by atoms with Crippen LogP contribution in [0.25, 0.3) is 0 Å². The largest absolute Gasteiger partial charge is 0.381 e. The Morgan fingerprint density at radius 3 is 2.64 bits per heavy atom. The SMILES string of the molecule is CCCNC(=O)CN1CCC(Nc2cc(C(C)=O)ccc2C#N)CC1. The number of nitrogens with zero attached hydrogens (tertiary/aromatic N) is 2. The van der Waals surface area contributed by atoms with E-state index in [0.717, 1.165) is 38.9 Å². The highest BCUT2D eigenvalue weighted by molar-refractivity contribution is 5.95. The lowest BCUT2D eigenvalue weighted by Crippen LogP contribution is -2.44. The Balaban J connectivity index is 1.90. The molecular weight excluding hydrogens is 316 g/mol. The smallest absolute Gasteiger partial charge is 0.234 e. The molecule has 0 saturated carbocycles. The van der Waals surface area contributed by atoms with E-state index >= 15 is 0 Å². The third kappa shape index (κ3) is 5.57. The van der Waals surface area contributed by atoms with Gasteiger partial charge in [0.05, 0.1) is 17.8 Å². The minimum absolute atomic E-state index is 0.0135. The topological polar surface area (TPSA) is 85.2 Å². The molecule has 6 heteroatoms. The molecule has 2 rings (SSSR count). The lowest BCUT2D eigenvalue weighted by Gasteiger charge is -2.32.